The summed E-state index contributed by atoms with van der Waals surface area (Å²) in [6.45, 7) is 13.7. The lowest BCUT2D eigenvalue weighted by Gasteiger charge is -2.29. The standard InChI is InChI=1S/C35H55N5O7/c1-8-26-13-15-27(16-14-26)39-31(44)25(3)38-29(42)23-37-33(46)35(6,7)47-21-18-34(4,5)17-19-36-28(41)12-10-9-11-20-40-30(43)22-24(2)32(40)45/h13-16,24-25H,8-12,17-23H2,1-7H3,(H,36,41)(H,37,46)(H,38,42)(H,39,44). The number of nitrogens with one attached hydrogen (secondary N) is 4. The van der Waals surface area contributed by atoms with Gasteiger partial charge in [-0.3, -0.25) is 33.7 Å². The molecule has 12 heteroatoms. The topological polar surface area (TPSA) is 163 Å². The number of nitrogens with zero attached hydrogens (tertiary/aromatic N) is 1. The van der Waals surface area contributed by atoms with Crippen molar-refractivity contribution in [1.29, 1.82) is 0 Å². The van der Waals surface area contributed by atoms with Crippen molar-refractivity contribution in [2.24, 2.45) is 11.3 Å². The van der Waals surface area contributed by atoms with Gasteiger partial charge in [0.25, 0.3) is 5.91 Å². The van der Waals surface area contributed by atoms with E-state index in [1.807, 2.05) is 31.2 Å². The number of carbonyl (C=O) groups excluding carboxylic acids is 6. The third kappa shape index (κ3) is 13.8. The predicted molar refractivity (Wildman–Crippen MR) is 180 cm³/mol. The van der Waals surface area contributed by atoms with Crippen LogP contribution in [0.25, 0.3) is 0 Å². The summed E-state index contributed by atoms with van der Waals surface area (Å²) < 4.78 is 5.88. The molecule has 1 saturated heterocycles. The fraction of sp³-hybridized carbons (Fsp3) is 0.657. The zero-order valence-corrected chi connectivity index (χ0v) is 29.3. The van der Waals surface area contributed by atoms with Gasteiger partial charge in [-0.15, -0.1) is 0 Å². The molecule has 0 bridgehead atoms. The smallest absolute Gasteiger partial charge is 0.252 e. The Hall–Kier alpha value is -3.80. The summed E-state index contributed by atoms with van der Waals surface area (Å²) >= 11 is 0. The molecule has 2 unspecified atom stereocenters. The molecule has 0 saturated carbocycles. The Kier molecular flexibility index (Phi) is 15.5. The number of anilines is 1. The second kappa shape index (κ2) is 18.5. The highest BCUT2D eigenvalue weighted by Gasteiger charge is 2.35. The quantitative estimate of drug-likeness (QED) is 0.123. The van der Waals surface area contributed by atoms with E-state index in [1.165, 1.54) is 4.90 Å². The zero-order chi connectivity index (χ0) is 35.2. The Bertz CT molecular complexity index is 1250. The van der Waals surface area contributed by atoms with E-state index < -0.39 is 23.5 Å². The molecule has 1 aliphatic rings. The number of amides is 6. The summed E-state index contributed by atoms with van der Waals surface area (Å²) in [5, 5.41) is 10.9. The van der Waals surface area contributed by atoms with Crippen molar-refractivity contribution in [3.8, 4) is 0 Å². The van der Waals surface area contributed by atoms with Crippen LogP contribution < -0.4 is 21.3 Å². The maximum absolute atomic E-state index is 12.7. The molecule has 0 aliphatic carbocycles. The third-order valence-electron chi connectivity index (χ3n) is 8.48. The second-order valence-electron chi connectivity index (χ2n) is 13.7. The summed E-state index contributed by atoms with van der Waals surface area (Å²) in [5.74, 6) is -1.77. The number of rotatable bonds is 20. The van der Waals surface area contributed by atoms with E-state index in [1.54, 1.807) is 27.7 Å². The van der Waals surface area contributed by atoms with Crippen molar-refractivity contribution in [3.05, 3.63) is 29.8 Å². The van der Waals surface area contributed by atoms with Crippen molar-refractivity contribution in [2.45, 2.75) is 111 Å². The van der Waals surface area contributed by atoms with Crippen LogP contribution in [0.2, 0.25) is 0 Å². The van der Waals surface area contributed by atoms with Crippen LogP contribution in [0.5, 0.6) is 0 Å². The van der Waals surface area contributed by atoms with Crippen molar-refractivity contribution >= 4 is 41.1 Å². The lowest BCUT2D eigenvalue weighted by atomic mass is 9.86. The first-order chi connectivity index (χ1) is 22.0. The average Bonchev–Trinajstić information content (AvgIpc) is 3.25. The number of aryl methyl sites for hydroxylation is 1. The molecule has 2 atom stereocenters. The summed E-state index contributed by atoms with van der Waals surface area (Å²) in [7, 11) is 0. The fourth-order valence-electron chi connectivity index (χ4n) is 5.02. The average molecular weight is 658 g/mol. The molecule has 0 aromatic heterocycles. The lowest BCUT2D eigenvalue weighted by molar-refractivity contribution is -0.144. The highest BCUT2D eigenvalue weighted by atomic mass is 16.5. The fourth-order valence-corrected chi connectivity index (χ4v) is 5.02. The highest BCUT2D eigenvalue weighted by Crippen LogP contribution is 2.26. The highest BCUT2D eigenvalue weighted by molar-refractivity contribution is 6.03. The summed E-state index contributed by atoms with van der Waals surface area (Å²) in [4.78, 5) is 75.0. The Morgan fingerprint density at radius 2 is 1.64 bits per heavy atom. The van der Waals surface area contributed by atoms with Gasteiger partial charge in [0.15, 0.2) is 0 Å². The molecule has 6 amide bonds. The Morgan fingerprint density at radius 3 is 2.26 bits per heavy atom. The van der Waals surface area contributed by atoms with Gasteiger partial charge in [-0.2, -0.15) is 0 Å². The van der Waals surface area contributed by atoms with Gasteiger partial charge < -0.3 is 26.0 Å². The normalized spacial score (nSPS) is 15.7. The largest absolute Gasteiger partial charge is 0.366 e. The van der Waals surface area contributed by atoms with Crippen molar-refractivity contribution in [2.75, 3.05) is 31.6 Å². The van der Waals surface area contributed by atoms with Crippen LogP contribution in [0, 0.1) is 11.3 Å². The van der Waals surface area contributed by atoms with Crippen molar-refractivity contribution < 1.29 is 33.5 Å². The van der Waals surface area contributed by atoms with Gasteiger partial charge in [-0.25, -0.2) is 0 Å². The number of likely N-dealkylation sites (tertiary alicyclic amines) is 1. The molecule has 0 radical (unpaired) electrons. The van der Waals surface area contributed by atoms with E-state index in [-0.39, 0.29) is 47.9 Å². The van der Waals surface area contributed by atoms with Gasteiger partial charge in [0.05, 0.1) is 6.54 Å². The summed E-state index contributed by atoms with van der Waals surface area (Å²) in [5.41, 5.74) is 0.465. The van der Waals surface area contributed by atoms with Crippen LogP contribution in [0.1, 0.15) is 99.0 Å². The van der Waals surface area contributed by atoms with Crippen LogP contribution in [0.15, 0.2) is 24.3 Å². The summed E-state index contributed by atoms with van der Waals surface area (Å²) in [6, 6.07) is 6.69. The van der Waals surface area contributed by atoms with Gasteiger partial charge in [0.2, 0.25) is 29.5 Å². The van der Waals surface area contributed by atoms with Crippen LogP contribution in [-0.2, 0) is 39.9 Å². The minimum atomic E-state index is -1.17. The van der Waals surface area contributed by atoms with E-state index in [0.717, 1.165) is 24.8 Å². The first-order valence-electron chi connectivity index (χ1n) is 16.8. The lowest BCUT2D eigenvalue weighted by Crippen LogP contribution is -2.50. The van der Waals surface area contributed by atoms with E-state index in [0.29, 0.717) is 51.1 Å². The Balaban J connectivity index is 1.59. The summed E-state index contributed by atoms with van der Waals surface area (Å²) in [6.07, 6.45) is 5.10. The van der Waals surface area contributed by atoms with Crippen molar-refractivity contribution in [1.82, 2.24) is 20.9 Å². The number of benzene rings is 1. The third-order valence-corrected chi connectivity index (χ3v) is 8.48. The van der Waals surface area contributed by atoms with Gasteiger partial charge in [-0.05, 0) is 76.0 Å². The maximum atomic E-state index is 12.7. The second-order valence-corrected chi connectivity index (χ2v) is 13.7. The van der Waals surface area contributed by atoms with Gasteiger partial charge >= 0.3 is 0 Å². The van der Waals surface area contributed by atoms with Crippen LogP contribution in [0.4, 0.5) is 5.69 Å². The molecule has 2 rings (SSSR count). The molecule has 1 aromatic rings. The van der Waals surface area contributed by atoms with Gasteiger partial charge in [-0.1, -0.05) is 46.2 Å². The van der Waals surface area contributed by atoms with Crippen LogP contribution in [0.3, 0.4) is 0 Å². The molecule has 0 spiro atoms. The first-order valence-corrected chi connectivity index (χ1v) is 16.8. The number of hydrogen-bond acceptors (Lipinski definition) is 7. The Morgan fingerprint density at radius 1 is 0.957 bits per heavy atom. The molecule has 12 nitrogen and oxygen atoms in total. The van der Waals surface area contributed by atoms with Gasteiger partial charge in [0, 0.05) is 44.1 Å². The first kappa shape index (κ1) is 39.4. The molecule has 1 fully saturated rings. The number of unbranched alkanes of at least 4 members (excludes halogenated alkanes) is 2. The minimum Gasteiger partial charge on any atom is -0.366 e. The van der Waals surface area contributed by atoms with E-state index in [4.69, 9.17) is 4.74 Å². The number of hydrogen-bond donors (Lipinski definition) is 4. The van der Waals surface area contributed by atoms with Crippen LogP contribution in [-0.4, -0.2) is 78.2 Å². The SMILES string of the molecule is CCc1ccc(NC(=O)C(C)NC(=O)CNC(=O)C(C)(C)OCCC(C)(C)CCNC(=O)CCCCCN2C(=O)CC(C)C2=O)cc1. The van der Waals surface area contributed by atoms with Crippen molar-refractivity contribution in [3.63, 3.8) is 0 Å². The van der Waals surface area contributed by atoms with E-state index in [2.05, 4.69) is 35.1 Å². The molecular formula is C35H55N5O7. The molecule has 47 heavy (non-hydrogen) atoms. The molecular weight excluding hydrogens is 602 g/mol. The maximum Gasteiger partial charge on any atom is 0.252 e. The monoisotopic (exact) mass is 657 g/mol. The molecule has 1 heterocycles. The number of carbonyl (C=O) groups is 6. The molecule has 1 aromatic carbocycles. The molecule has 1 aliphatic heterocycles. The molecule has 4 N–H and O–H groups in total. The predicted octanol–water partition coefficient (Wildman–Crippen LogP) is 3.48. The van der Waals surface area contributed by atoms with Crippen LogP contribution >= 0.6 is 0 Å². The number of ether oxygens (including phenoxy) is 1. The Labute approximate surface area is 279 Å². The minimum absolute atomic E-state index is 0.0300. The van der Waals surface area contributed by atoms with E-state index >= 15 is 0 Å². The van der Waals surface area contributed by atoms with Gasteiger partial charge in [0.1, 0.15) is 11.6 Å². The number of imide groups is 1. The molecule has 262 valence electrons. The van der Waals surface area contributed by atoms with E-state index in [9.17, 15) is 28.8 Å². The zero-order valence-electron chi connectivity index (χ0n) is 29.3.